The number of unbranched alkanes of at least 4 members (excludes halogenated alkanes) is 1. The first-order valence-electron chi connectivity index (χ1n) is 8.62. The van der Waals surface area contributed by atoms with Crippen LogP contribution in [-0.2, 0) is 0 Å². The Labute approximate surface area is 135 Å². The van der Waals surface area contributed by atoms with Gasteiger partial charge in [-0.25, -0.2) is 5.01 Å². The molecule has 1 saturated heterocycles. The van der Waals surface area contributed by atoms with Crippen LogP contribution in [0.4, 0.5) is 0 Å². The van der Waals surface area contributed by atoms with Crippen molar-refractivity contribution >= 4 is 0 Å². The quantitative estimate of drug-likeness (QED) is 0.750. The average Bonchev–Trinajstić information content (AvgIpc) is 2.53. The lowest BCUT2D eigenvalue weighted by molar-refractivity contribution is 0.0937. The number of rotatable bonds is 8. The van der Waals surface area contributed by atoms with E-state index in [2.05, 4.69) is 43.0 Å². The summed E-state index contributed by atoms with van der Waals surface area (Å²) in [6, 6.07) is 8.97. The van der Waals surface area contributed by atoms with Crippen molar-refractivity contribution in [3.8, 4) is 5.75 Å². The van der Waals surface area contributed by atoms with Crippen molar-refractivity contribution in [3.05, 3.63) is 29.8 Å². The molecule has 1 aliphatic heterocycles. The Kier molecular flexibility index (Phi) is 7.16. The molecule has 1 aromatic rings. The van der Waals surface area contributed by atoms with Crippen molar-refractivity contribution in [2.75, 3.05) is 32.8 Å². The molecule has 0 aromatic heterocycles. The molecule has 1 aliphatic rings. The number of ether oxygens (including phenoxy) is 1. The Bertz CT molecular complexity index is 413. The van der Waals surface area contributed by atoms with Crippen molar-refractivity contribution < 1.29 is 4.74 Å². The molecule has 4 nitrogen and oxygen atoms in total. The van der Waals surface area contributed by atoms with E-state index in [1.165, 1.54) is 37.8 Å². The molecule has 0 radical (unpaired) electrons. The van der Waals surface area contributed by atoms with Gasteiger partial charge in [0.05, 0.1) is 0 Å². The molecular formula is C18H31N3O. The normalized spacial score (nSPS) is 17.1. The van der Waals surface area contributed by atoms with Crippen molar-refractivity contribution in [2.24, 2.45) is 5.84 Å². The highest BCUT2D eigenvalue weighted by Crippen LogP contribution is 2.16. The molecule has 1 aromatic carbocycles. The van der Waals surface area contributed by atoms with E-state index in [4.69, 9.17) is 10.6 Å². The fourth-order valence-corrected chi connectivity index (χ4v) is 3.00. The highest BCUT2D eigenvalue weighted by molar-refractivity contribution is 5.26. The second-order valence-electron chi connectivity index (χ2n) is 6.32. The summed E-state index contributed by atoms with van der Waals surface area (Å²) in [5.41, 5.74) is 1.27. The molecule has 2 N–H and O–H groups in total. The van der Waals surface area contributed by atoms with Crippen LogP contribution < -0.4 is 10.6 Å². The molecule has 0 aliphatic carbocycles. The Morgan fingerprint density at radius 1 is 1.18 bits per heavy atom. The molecule has 0 spiro atoms. The van der Waals surface area contributed by atoms with Crippen molar-refractivity contribution in [1.82, 2.24) is 9.91 Å². The average molecular weight is 305 g/mol. The fraction of sp³-hybridized carbons (Fsp3) is 0.667. The Morgan fingerprint density at radius 2 is 1.86 bits per heavy atom. The van der Waals surface area contributed by atoms with E-state index in [-0.39, 0.29) is 0 Å². The van der Waals surface area contributed by atoms with Gasteiger partial charge in [0.1, 0.15) is 12.4 Å². The van der Waals surface area contributed by atoms with Gasteiger partial charge in [-0.05, 0) is 44.9 Å². The third-order valence-corrected chi connectivity index (χ3v) is 4.48. The van der Waals surface area contributed by atoms with Crippen LogP contribution in [0.15, 0.2) is 24.3 Å². The Morgan fingerprint density at radius 3 is 2.50 bits per heavy atom. The topological polar surface area (TPSA) is 41.7 Å². The third-order valence-electron chi connectivity index (χ3n) is 4.48. The summed E-state index contributed by atoms with van der Waals surface area (Å²) in [5.74, 6) is 6.85. The number of hydrogen-bond donors (Lipinski definition) is 1. The van der Waals surface area contributed by atoms with Gasteiger partial charge in [0, 0.05) is 25.7 Å². The van der Waals surface area contributed by atoms with Gasteiger partial charge in [-0.15, -0.1) is 0 Å². The van der Waals surface area contributed by atoms with E-state index in [0.717, 1.165) is 32.0 Å². The van der Waals surface area contributed by atoms with Gasteiger partial charge in [-0.1, -0.05) is 31.0 Å². The number of aryl methyl sites for hydroxylation is 1. The lowest BCUT2D eigenvalue weighted by Gasteiger charge is -2.37. The minimum absolute atomic E-state index is 0.660. The van der Waals surface area contributed by atoms with Gasteiger partial charge in [0.2, 0.25) is 0 Å². The molecule has 1 fully saturated rings. The van der Waals surface area contributed by atoms with Crippen LogP contribution in [0.3, 0.4) is 0 Å². The zero-order valence-electron chi connectivity index (χ0n) is 14.1. The molecule has 0 saturated carbocycles. The lowest BCUT2D eigenvalue weighted by Crippen LogP contribution is -2.48. The zero-order valence-corrected chi connectivity index (χ0v) is 14.1. The van der Waals surface area contributed by atoms with E-state index >= 15 is 0 Å². The highest BCUT2D eigenvalue weighted by Gasteiger charge is 2.22. The predicted molar refractivity (Wildman–Crippen MR) is 91.9 cm³/mol. The first-order valence-corrected chi connectivity index (χ1v) is 8.62. The highest BCUT2D eigenvalue weighted by atomic mass is 16.5. The van der Waals surface area contributed by atoms with Gasteiger partial charge in [-0.2, -0.15) is 0 Å². The number of hydrogen-bond acceptors (Lipinski definition) is 4. The number of benzene rings is 1. The second-order valence-corrected chi connectivity index (χ2v) is 6.32. The predicted octanol–water partition coefficient (Wildman–Crippen LogP) is 2.81. The van der Waals surface area contributed by atoms with Crippen molar-refractivity contribution in [2.45, 2.75) is 45.6 Å². The van der Waals surface area contributed by atoms with E-state index < -0.39 is 0 Å². The standard InChI is InChI=1S/C18H31N3O/c1-3-4-11-20(17-9-12-21(19)13-10-17)14-15-22-18-7-5-16(2)6-8-18/h5-8,17H,3-4,9-15,19H2,1-2H3. The molecule has 0 bridgehead atoms. The van der Waals surface area contributed by atoms with Crippen molar-refractivity contribution in [3.63, 3.8) is 0 Å². The van der Waals surface area contributed by atoms with Crippen LogP contribution in [0.5, 0.6) is 5.75 Å². The van der Waals surface area contributed by atoms with Crippen LogP contribution in [-0.4, -0.2) is 48.7 Å². The van der Waals surface area contributed by atoms with E-state index in [9.17, 15) is 0 Å². The molecule has 1 heterocycles. The van der Waals surface area contributed by atoms with E-state index in [1.54, 1.807) is 0 Å². The molecule has 4 heteroatoms. The van der Waals surface area contributed by atoms with Crippen LogP contribution in [0.25, 0.3) is 0 Å². The summed E-state index contributed by atoms with van der Waals surface area (Å²) in [6.07, 6.45) is 4.84. The third kappa shape index (κ3) is 5.59. The number of piperidine rings is 1. The first kappa shape index (κ1) is 17.3. The molecule has 2 rings (SSSR count). The van der Waals surface area contributed by atoms with E-state index in [0.29, 0.717) is 6.04 Å². The first-order chi connectivity index (χ1) is 10.7. The molecule has 0 amide bonds. The monoisotopic (exact) mass is 305 g/mol. The number of nitrogens with two attached hydrogens (primary N) is 1. The van der Waals surface area contributed by atoms with Crippen LogP contribution in [0.2, 0.25) is 0 Å². The molecule has 22 heavy (non-hydrogen) atoms. The minimum Gasteiger partial charge on any atom is -0.492 e. The van der Waals surface area contributed by atoms with Gasteiger partial charge in [0.15, 0.2) is 0 Å². The molecular weight excluding hydrogens is 274 g/mol. The fourth-order valence-electron chi connectivity index (χ4n) is 3.00. The van der Waals surface area contributed by atoms with Gasteiger partial charge >= 0.3 is 0 Å². The van der Waals surface area contributed by atoms with E-state index in [1.807, 2.05) is 5.01 Å². The lowest BCUT2D eigenvalue weighted by atomic mass is 10.0. The maximum atomic E-state index is 5.91. The molecule has 0 atom stereocenters. The summed E-state index contributed by atoms with van der Waals surface area (Å²) in [6.45, 7) is 9.30. The maximum absolute atomic E-state index is 5.91. The number of nitrogens with zero attached hydrogens (tertiary/aromatic N) is 2. The largest absolute Gasteiger partial charge is 0.492 e. The van der Waals surface area contributed by atoms with Gasteiger partial charge < -0.3 is 4.74 Å². The van der Waals surface area contributed by atoms with Crippen molar-refractivity contribution in [1.29, 1.82) is 0 Å². The summed E-state index contributed by atoms with van der Waals surface area (Å²) < 4.78 is 5.91. The Hall–Kier alpha value is -1.10. The smallest absolute Gasteiger partial charge is 0.119 e. The summed E-state index contributed by atoms with van der Waals surface area (Å²) in [5, 5.41) is 1.94. The van der Waals surface area contributed by atoms with Gasteiger partial charge in [-0.3, -0.25) is 10.7 Å². The summed E-state index contributed by atoms with van der Waals surface area (Å²) in [7, 11) is 0. The molecule has 124 valence electrons. The van der Waals surface area contributed by atoms with Crippen LogP contribution in [0, 0.1) is 6.92 Å². The van der Waals surface area contributed by atoms with Crippen LogP contribution >= 0.6 is 0 Å². The number of hydrazine groups is 1. The zero-order chi connectivity index (χ0) is 15.8. The molecule has 0 unspecified atom stereocenters. The maximum Gasteiger partial charge on any atom is 0.119 e. The minimum atomic E-state index is 0.660. The van der Waals surface area contributed by atoms with Crippen LogP contribution in [0.1, 0.15) is 38.2 Å². The SMILES string of the molecule is CCCCN(CCOc1ccc(C)cc1)C1CCN(N)CC1. The second kappa shape index (κ2) is 9.13. The summed E-state index contributed by atoms with van der Waals surface area (Å²) in [4.78, 5) is 2.60. The van der Waals surface area contributed by atoms with Gasteiger partial charge in [0.25, 0.3) is 0 Å². The summed E-state index contributed by atoms with van der Waals surface area (Å²) >= 11 is 0. The Balaban J connectivity index is 1.79.